The van der Waals surface area contributed by atoms with E-state index in [9.17, 15) is 19.3 Å². The number of hydrogen-bond donors (Lipinski definition) is 1. The van der Waals surface area contributed by atoms with E-state index in [1.54, 1.807) is 6.92 Å². The van der Waals surface area contributed by atoms with Crippen LogP contribution in [0.2, 0.25) is 0 Å². The molecule has 0 atom stereocenters. The SMILES string of the molecule is Cc1cc(NC(=O)c2ccc(F)c([N+](=O)[O-])c2)on1. The number of nitro groups is 1. The molecule has 0 spiro atoms. The van der Waals surface area contributed by atoms with Crippen LogP contribution < -0.4 is 5.32 Å². The van der Waals surface area contributed by atoms with Crippen molar-refractivity contribution in [2.24, 2.45) is 0 Å². The van der Waals surface area contributed by atoms with E-state index in [2.05, 4.69) is 10.5 Å². The summed E-state index contributed by atoms with van der Waals surface area (Å²) in [6, 6.07) is 4.34. The molecule has 1 amide bonds. The first-order chi connectivity index (χ1) is 8.97. The highest BCUT2D eigenvalue weighted by atomic mass is 19.1. The minimum atomic E-state index is -1.00. The second-order valence-electron chi connectivity index (χ2n) is 3.71. The highest BCUT2D eigenvalue weighted by molar-refractivity contribution is 6.03. The second kappa shape index (κ2) is 4.84. The molecule has 0 bridgehead atoms. The van der Waals surface area contributed by atoms with Crippen molar-refractivity contribution >= 4 is 17.5 Å². The van der Waals surface area contributed by atoms with Crippen molar-refractivity contribution < 1.29 is 18.6 Å². The van der Waals surface area contributed by atoms with Crippen molar-refractivity contribution in [2.45, 2.75) is 6.92 Å². The number of halogens is 1. The molecule has 0 aliphatic heterocycles. The van der Waals surface area contributed by atoms with Gasteiger partial charge in [-0.2, -0.15) is 4.39 Å². The van der Waals surface area contributed by atoms with Gasteiger partial charge in [-0.3, -0.25) is 20.2 Å². The van der Waals surface area contributed by atoms with Crippen molar-refractivity contribution in [3.05, 3.63) is 51.5 Å². The molecule has 1 N–H and O–H groups in total. The van der Waals surface area contributed by atoms with Gasteiger partial charge in [-0.1, -0.05) is 5.16 Å². The molecule has 1 heterocycles. The third-order valence-corrected chi connectivity index (χ3v) is 2.27. The number of carbonyl (C=O) groups is 1. The summed E-state index contributed by atoms with van der Waals surface area (Å²) in [5.41, 5.74) is -0.246. The van der Waals surface area contributed by atoms with Gasteiger partial charge < -0.3 is 4.52 Å². The molecule has 0 radical (unpaired) electrons. The Balaban J connectivity index is 2.24. The Bertz CT molecular complexity index is 653. The molecule has 8 heteroatoms. The minimum Gasteiger partial charge on any atom is -0.338 e. The summed E-state index contributed by atoms with van der Waals surface area (Å²) >= 11 is 0. The van der Waals surface area contributed by atoms with Gasteiger partial charge in [0.2, 0.25) is 11.7 Å². The molecule has 1 aromatic carbocycles. The quantitative estimate of drug-likeness (QED) is 0.678. The summed E-state index contributed by atoms with van der Waals surface area (Å²) in [5, 5.41) is 16.5. The second-order valence-corrected chi connectivity index (χ2v) is 3.71. The van der Waals surface area contributed by atoms with Gasteiger partial charge in [0.1, 0.15) is 0 Å². The summed E-state index contributed by atoms with van der Waals surface area (Å²) in [4.78, 5) is 21.4. The van der Waals surface area contributed by atoms with E-state index in [4.69, 9.17) is 4.52 Å². The van der Waals surface area contributed by atoms with Gasteiger partial charge in [0, 0.05) is 17.7 Å². The summed E-state index contributed by atoms with van der Waals surface area (Å²) in [6.45, 7) is 1.67. The van der Waals surface area contributed by atoms with Crippen LogP contribution in [0.1, 0.15) is 16.1 Å². The van der Waals surface area contributed by atoms with E-state index in [1.807, 2.05) is 0 Å². The monoisotopic (exact) mass is 265 g/mol. The summed E-state index contributed by atoms with van der Waals surface area (Å²) < 4.78 is 17.9. The standard InChI is InChI=1S/C11H8FN3O4/c1-6-4-10(19-14-6)13-11(16)7-2-3-8(12)9(5-7)15(17)18/h2-5H,1H3,(H,13,16). The molecule has 0 saturated carbocycles. The van der Waals surface area contributed by atoms with E-state index >= 15 is 0 Å². The third kappa shape index (κ3) is 2.73. The first-order valence-electron chi connectivity index (χ1n) is 5.16. The maximum atomic E-state index is 13.1. The van der Waals surface area contributed by atoms with Crippen LogP contribution >= 0.6 is 0 Å². The lowest BCUT2D eigenvalue weighted by molar-refractivity contribution is -0.387. The lowest BCUT2D eigenvalue weighted by Crippen LogP contribution is -2.12. The number of aryl methyl sites for hydroxylation is 1. The van der Waals surface area contributed by atoms with E-state index in [1.165, 1.54) is 6.07 Å². The number of nitrogens with zero attached hydrogens (tertiary/aromatic N) is 2. The Labute approximate surface area is 106 Å². The van der Waals surface area contributed by atoms with Crippen LogP contribution in [-0.4, -0.2) is 16.0 Å². The number of nitrogens with one attached hydrogen (secondary N) is 1. The van der Waals surface area contributed by atoms with Crippen LogP contribution in [0, 0.1) is 22.9 Å². The smallest absolute Gasteiger partial charge is 0.305 e. The van der Waals surface area contributed by atoms with E-state index in [0.29, 0.717) is 5.69 Å². The molecule has 2 aromatic rings. The molecular weight excluding hydrogens is 257 g/mol. The van der Waals surface area contributed by atoms with E-state index in [-0.39, 0.29) is 11.4 Å². The Kier molecular flexibility index (Phi) is 3.23. The Morgan fingerprint density at radius 2 is 2.21 bits per heavy atom. The Hall–Kier alpha value is -2.77. The zero-order valence-electron chi connectivity index (χ0n) is 9.71. The molecule has 0 saturated heterocycles. The first kappa shape index (κ1) is 12.7. The first-order valence-corrected chi connectivity index (χ1v) is 5.16. The van der Waals surface area contributed by atoms with Gasteiger partial charge in [0.15, 0.2) is 0 Å². The van der Waals surface area contributed by atoms with Gasteiger partial charge in [-0.05, 0) is 19.1 Å². The molecular formula is C11H8FN3O4. The molecule has 0 aliphatic rings. The topological polar surface area (TPSA) is 98.3 Å². The lowest BCUT2D eigenvalue weighted by atomic mass is 10.2. The third-order valence-electron chi connectivity index (χ3n) is 2.27. The molecule has 98 valence electrons. The van der Waals surface area contributed by atoms with Gasteiger partial charge in [0.05, 0.1) is 10.6 Å². The van der Waals surface area contributed by atoms with Crippen LogP contribution in [0.4, 0.5) is 16.0 Å². The average Bonchev–Trinajstić information content (AvgIpc) is 2.74. The van der Waals surface area contributed by atoms with E-state index < -0.39 is 22.3 Å². The van der Waals surface area contributed by atoms with Crippen LogP contribution in [0.15, 0.2) is 28.8 Å². The van der Waals surface area contributed by atoms with Crippen LogP contribution in [0.25, 0.3) is 0 Å². The number of nitro benzene ring substituents is 1. The highest BCUT2D eigenvalue weighted by Gasteiger charge is 2.18. The minimum absolute atomic E-state index is 0.0536. The Morgan fingerprint density at radius 1 is 1.47 bits per heavy atom. The maximum Gasteiger partial charge on any atom is 0.305 e. The van der Waals surface area contributed by atoms with Crippen molar-refractivity contribution in [3.8, 4) is 0 Å². The fourth-order valence-electron chi connectivity index (χ4n) is 1.40. The largest absolute Gasteiger partial charge is 0.338 e. The average molecular weight is 265 g/mol. The van der Waals surface area contributed by atoms with Crippen LogP contribution in [0.3, 0.4) is 0 Å². The molecule has 0 aliphatic carbocycles. The van der Waals surface area contributed by atoms with Crippen molar-refractivity contribution in [3.63, 3.8) is 0 Å². The molecule has 1 aromatic heterocycles. The van der Waals surface area contributed by atoms with E-state index in [0.717, 1.165) is 18.2 Å². The maximum absolute atomic E-state index is 13.1. The van der Waals surface area contributed by atoms with Crippen molar-refractivity contribution in [2.75, 3.05) is 5.32 Å². The highest BCUT2D eigenvalue weighted by Crippen LogP contribution is 2.19. The van der Waals surface area contributed by atoms with Gasteiger partial charge >= 0.3 is 5.69 Å². The molecule has 0 fully saturated rings. The van der Waals surface area contributed by atoms with Gasteiger partial charge in [0.25, 0.3) is 5.91 Å². The van der Waals surface area contributed by atoms with Gasteiger partial charge in [-0.15, -0.1) is 0 Å². The van der Waals surface area contributed by atoms with Crippen molar-refractivity contribution in [1.82, 2.24) is 5.16 Å². The lowest BCUT2D eigenvalue weighted by Gasteiger charge is -2.01. The number of rotatable bonds is 3. The Morgan fingerprint density at radius 3 is 2.79 bits per heavy atom. The van der Waals surface area contributed by atoms with Crippen molar-refractivity contribution in [1.29, 1.82) is 0 Å². The predicted octanol–water partition coefficient (Wildman–Crippen LogP) is 2.28. The summed E-state index contributed by atoms with van der Waals surface area (Å²) in [7, 11) is 0. The molecule has 19 heavy (non-hydrogen) atoms. The summed E-state index contributed by atoms with van der Waals surface area (Å²) in [5.74, 6) is -1.55. The number of hydrogen-bond acceptors (Lipinski definition) is 5. The molecule has 7 nitrogen and oxygen atoms in total. The number of aromatic nitrogens is 1. The zero-order valence-corrected chi connectivity index (χ0v) is 9.71. The summed E-state index contributed by atoms with van der Waals surface area (Å²) in [6.07, 6.45) is 0. The number of benzene rings is 1. The zero-order chi connectivity index (χ0) is 14.0. The predicted molar refractivity (Wildman–Crippen MR) is 62.2 cm³/mol. The van der Waals surface area contributed by atoms with Crippen LogP contribution in [-0.2, 0) is 0 Å². The fourth-order valence-corrected chi connectivity index (χ4v) is 1.40. The number of amides is 1. The normalized spacial score (nSPS) is 10.2. The molecule has 2 rings (SSSR count). The van der Waals surface area contributed by atoms with Crippen LogP contribution in [0.5, 0.6) is 0 Å². The molecule has 0 unspecified atom stereocenters. The fraction of sp³-hybridized carbons (Fsp3) is 0.0909. The number of carbonyl (C=O) groups excluding carboxylic acids is 1. The van der Waals surface area contributed by atoms with Gasteiger partial charge in [-0.25, -0.2) is 0 Å². The number of anilines is 1.